The number of nitrogens with one attached hydrogen (secondary N) is 1. The summed E-state index contributed by atoms with van der Waals surface area (Å²) in [6, 6.07) is 14.3. The van der Waals surface area contributed by atoms with E-state index < -0.39 is 15.9 Å². The number of carbonyl (C=O) groups is 1. The average molecular weight is 333 g/mol. The molecule has 0 heterocycles. The highest BCUT2D eigenvalue weighted by Gasteiger charge is 2.16. The summed E-state index contributed by atoms with van der Waals surface area (Å²) in [6.07, 6.45) is 0. The number of aliphatic hydroxyl groups is 1. The van der Waals surface area contributed by atoms with Crippen LogP contribution in [0.3, 0.4) is 0 Å². The Kier molecular flexibility index (Phi) is 5.52. The van der Waals surface area contributed by atoms with Crippen LogP contribution in [-0.2, 0) is 9.84 Å². The lowest BCUT2D eigenvalue weighted by Crippen LogP contribution is -2.30. The van der Waals surface area contributed by atoms with Gasteiger partial charge in [-0.05, 0) is 29.8 Å². The van der Waals surface area contributed by atoms with Crippen molar-refractivity contribution in [2.24, 2.45) is 0 Å². The normalized spacial score (nSPS) is 12.6. The zero-order valence-corrected chi connectivity index (χ0v) is 13.6. The Bertz CT molecular complexity index is 755. The predicted molar refractivity (Wildman–Crippen MR) is 87.9 cm³/mol. The quantitative estimate of drug-likeness (QED) is 0.846. The van der Waals surface area contributed by atoms with Crippen molar-refractivity contribution >= 4 is 15.7 Å². The zero-order chi connectivity index (χ0) is 16.9. The van der Waals surface area contributed by atoms with Gasteiger partial charge in [0.1, 0.15) is 0 Å². The molecule has 0 aliphatic rings. The fourth-order valence-electron chi connectivity index (χ4n) is 2.14. The topological polar surface area (TPSA) is 83.5 Å². The number of benzene rings is 2. The van der Waals surface area contributed by atoms with Crippen LogP contribution in [0.15, 0.2) is 59.5 Å². The van der Waals surface area contributed by atoms with Gasteiger partial charge in [-0.25, -0.2) is 8.42 Å². The van der Waals surface area contributed by atoms with Crippen LogP contribution in [0.4, 0.5) is 0 Å². The van der Waals surface area contributed by atoms with Gasteiger partial charge in [0.05, 0.1) is 23.3 Å². The number of carbonyl (C=O) groups excluding carboxylic acids is 1. The van der Waals surface area contributed by atoms with E-state index in [-0.39, 0.29) is 23.2 Å². The molecular weight excluding hydrogens is 314 g/mol. The van der Waals surface area contributed by atoms with E-state index in [1.165, 1.54) is 12.1 Å². The molecule has 122 valence electrons. The van der Waals surface area contributed by atoms with Crippen LogP contribution >= 0.6 is 0 Å². The molecule has 6 heteroatoms. The Hall–Kier alpha value is -2.18. The van der Waals surface area contributed by atoms with Gasteiger partial charge in [-0.3, -0.25) is 4.79 Å². The molecule has 2 rings (SSSR count). The Morgan fingerprint density at radius 1 is 1.09 bits per heavy atom. The van der Waals surface area contributed by atoms with Gasteiger partial charge >= 0.3 is 0 Å². The second-order valence-corrected chi connectivity index (χ2v) is 7.33. The molecule has 2 N–H and O–H groups in total. The molecule has 0 aliphatic heterocycles. The zero-order valence-electron chi connectivity index (χ0n) is 12.8. The van der Waals surface area contributed by atoms with E-state index in [0.29, 0.717) is 11.1 Å². The van der Waals surface area contributed by atoms with E-state index in [4.69, 9.17) is 0 Å². The van der Waals surface area contributed by atoms with Gasteiger partial charge in [0.2, 0.25) is 0 Å². The molecule has 0 saturated heterocycles. The third-order valence-electron chi connectivity index (χ3n) is 3.55. The van der Waals surface area contributed by atoms with E-state index in [1.807, 2.05) is 6.07 Å². The van der Waals surface area contributed by atoms with Gasteiger partial charge in [0, 0.05) is 5.56 Å². The molecule has 0 spiro atoms. The fraction of sp³-hybridized carbons (Fsp3) is 0.235. The van der Waals surface area contributed by atoms with Crippen LogP contribution in [0.25, 0.3) is 0 Å². The van der Waals surface area contributed by atoms with Crippen molar-refractivity contribution in [1.82, 2.24) is 5.32 Å². The lowest BCUT2D eigenvalue weighted by Gasteiger charge is -2.17. The van der Waals surface area contributed by atoms with Gasteiger partial charge in [-0.15, -0.1) is 0 Å². The van der Waals surface area contributed by atoms with E-state index >= 15 is 0 Å². The first kappa shape index (κ1) is 17.2. The first-order chi connectivity index (χ1) is 11.0. The largest absolute Gasteiger partial charge is 0.394 e. The SMILES string of the molecule is CCS(=O)(=O)c1ccc(C(CO)NC(=O)c2ccccc2)cc1. The molecule has 2 aromatic rings. The summed E-state index contributed by atoms with van der Waals surface area (Å²) in [4.78, 5) is 12.4. The van der Waals surface area contributed by atoms with Crippen molar-refractivity contribution in [3.63, 3.8) is 0 Å². The molecule has 2 aromatic carbocycles. The maximum atomic E-state index is 12.1. The Morgan fingerprint density at radius 3 is 2.22 bits per heavy atom. The molecule has 23 heavy (non-hydrogen) atoms. The molecule has 0 aliphatic carbocycles. The van der Waals surface area contributed by atoms with Crippen LogP contribution in [0.5, 0.6) is 0 Å². The summed E-state index contributed by atoms with van der Waals surface area (Å²) in [5.41, 5.74) is 1.14. The Labute approximate surface area is 135 Å². The van der Waals surface area contributed by atoms with Gasteiger partial charge in [0.15, 0.2) is 9.84 Å². The summed E-state index contributed by atoms with van der Waals surface area (Å²) < 4.78 is 23.6. The summed E-state index contributed by atoms with van der Waals surface area (Å²) in [5.74, 6) is -0.268. The highest BCUT2D eigenvalue weighted by Crippen LogP contribution is 2.18. The van der Waals surface area contributed by atoms with Crippen LogP contribution in [-0.4, -0.2) is 31.8 Å². The Balaban J connectivity index is 2.17. The van der Waals surface area contributed by atoms with Crippen LogP contribution in [0.1, 0.15) is 28.9 Å². The molecular formula is C17H19NO4S. The molecule has 0 fully saturated rings. The van der Waals surface area contributed by atoms with E-state index in [0.717, 1.165) is 0 Å². The van der Waals surface area contributed by atoms with Crippen molar-refractivity contribution in [2.45, 2.75) is 17.9 Å². The van der Waals surface area contributed by atoms with Gasteiger partial charge in [0.25, 0.3) is 5.91 Å². The highest BCUT2D eigenvalue weighted by atomic mass is 32.2. The molecule has 1 unspecified atom stereocenters. The smallest absolute Gasteiger partial charge is 0.251 e. The van der Waals surface area contributed by atoms with Crippen molar-refractivity contribution in [2.75, 3.05) is 12.4 Å². The molecule has 1 atom stereocenters. The van der Waals surface area contributed by atoms with Crippen molar-refractivity contribution in [1.29, 1.82) is 0 Å². The maximum absolute atomic E-state index is 12.1. The Morgan fingerprint density at radius 2 is 1.70 bits per heavy atom. The monoisotopic (exact) mass is 333 g/mol. The predicted octanol–water partition coefficient (Wildman–Crippen LogP) is 1.94. The van der Waals surface area contributed by atoms with E-state index in [9.17, 15) is 18.3 Å². The summed E-state index contributed by atoms with van der Waals surface area (Å²) >= 11 is 0. The van der Waals surface area contributed by atoms with Crippen LogP contribution in [0, 0.1) is 0 Å². The molecule has 0 radical (unpaired) electrons. The van der Waals surface area contributed by atoms with E-state index in [1.54, 1.807) is 43.3 Å². The minimum Gasteiger partial charge on any atom is -0.394 e. The number of sulfone groups is 1. The number of hydrogen-bond acceptors (Lipinski definition) is 4. The van der Waals surface area contributed by atoms with Crippen molar-refractivity contribution in [3.05, 3.63) is 65.7 Å². The first-order valence-electron chi connectivity index (χ1n) is 7.27. The fourth-order valence-corrected chi connectivity index (χ4v) is 3.02. The first-order valence-corrected chi connectivity index (χ1v) is 8.92. The lowest BCUT2D eigenvalue weighted by molar-refractivity contribution is 0.0916. The van der Waals surface area contributed by atoms with Crippen LogP contribution < -0.4 is 5.32 Å². The van der Waals surface area contributed by atoms with Gasteiger partial charge < -0.3 is 10.4 Å². The average Bonchev–Trinajstić information content (AvgIpc) is 2.60. The number of amides is 1. The third-order valence-corrected chi connectivity index (χ3v) is 5.30. The minimum absolute atomic E-state index is 0.0283. The summed E-state index contributed by atoms with van der Waals surface area (Å²) in [7, 11) is -3.26. The maximum Gasteiger partial charge on any atom is 0.251 e. The van der Waals surface area contributed by atoms with Gasteiger partial charge in [-0.2, -0.15) is 0 Å². The highest BCUT2D eigenvalue weighted by molar-refractivity contribution is 7.91. The third kappa shape index (κ3) is 4.18. The number of rotatable bonds is 6. The second kappa shape index (κ2) is 7.39. The van der Waals surface area contributed by atoms with Crippen molar-refractivity contribution < 1.29 is 18.3 Å². The standard InChI is InChI=1S/C17H19NO4S/c1-2-23(21,22)15-10-8-13(9-11-15)16(12-19)18-17(20)14-6-4-3-5-7-14/h3-11,16,19H,2,12H2,1H3,(H,18,20). The van der Waals surface area contributed by atoms with Crippen molar-refractivity contribution in [3.8, 4) is 0 Å². The van der Waals surface area contributed by atoms with Gasteiger partial charge in [-0.1, -0.05) is 37.3 Å². The summed E-state index contributed by atoms with van der Waals surface area (Å²) in [6.45, 7) is 1.30. The second-order valence-electron chi connectivity index (χ2n) is 5.05. The molecule has 5 nitrogen and oxygen atoms in total. The molecule has 1 amide bonds. The van der Waals surface area contributed by atoms with E-state index in [2.05, 4.69) is 5.32 Å². The molecule has 0 bridgehead atoms. The number of aliphatic hydroxyl groups excluding tert-OH is 1. The number of hydrogen-bond donors (Lipinski definition) is 2. The minimum atomic E-state index is -3.26. The molecule has 0 aromatic heterocycles. The lowest BCUT2D eigenvalue weighted by atomic mass is 10.1. The molecule has 0 saturated carbocycles. The summed E-state index contributed by atoms with van der Waals surface area (Å²) in [5, 5.41) is 12.3. The van der Waals surface area contributed by atoms with Crippen LogP contribution in [0.2, 0.25) is 0 Å².